The summed E-state index contributed by atoms with van der Waals surface area (Å²) < 4.78 is 7.33. The molecule has 5 aromatic rings. The van der Waals surface area contributed by atoms with E-state index < -0.39 is 18.3 Å². The van der Waals surface area contributed by atoms with E-state index in [4.69, 9.17) is 16.1 Å². The number of benzene rings is 1. The van der Waals surface area contributed by atoms with E-state index in [2.05, 4.69) is 63.1 Å². The molecule has 59 heavy (non-hydrogen) atoms. The van der Waals surface area contributed by atoms with E-state index >= 15 is 0 Å². The van der Waals surface area contributed by atoms with Crippen molar-refractivity contribution in [3.63, 3.8) is 0 Å². The summed E-state index contributed by atoms with van der Waals surface area (Å²) in [6.45, 7) is 7.02. The van der Waals surface area contributed by atoms with E-state index in [0.717, 1.165) is 99.3 Å². The van der Waals surface area contributed by atoms with Crippen LogP contribution in [0.5, 0.6) is 0 Å². The van der Waals surface area contributed by atoms with Crippen LogP contribution in [-0.2, 0) is 22.6 Å². The lowest BCUT2D eigenvalue weighted by molar-refractivity contribution is -0.141. The average molecular weight is 823 g/mol. The Bertz CT molecular complexity index is 2390. The molecule has 2 saturated heterocycles. The SMILES string of the molecule is Cc1cc(NC(=O)Nc2cnc3c(Cl)cnn3c2C2CCCC2)cnc1-c1noc(CCCCN2CCN(c3ccc4c(c3)CN(C3CCC(=O)NC3=O)C4O)CC2)n1. The number of rotatable bonds is 11. The zero-order chi connectivity index (χ0) is 40.6. The number of imide groups is 1. The molecule has 0 bridgehead atoms. The Balaban J connectivity index is 0.727. The number of urea groups is 1. The Morgan fingerprint density at radius 2 is 1.85 bits per heavy atom. The molecule has 9 rings (SSSR count). The first kappa shape index (κ1) is 39.0. The molecule has 308 valence electrons. The van der Waals surface area contributed by atoms with Crippen LogP contribution >= 0.6 is 11.6 Å². The third-order valence-corrected chi connectivity index (χ3v) is 12.3. The van der Waals surface area contributed by atoms with E-state index in [-0.39, 0.29) is 24.2 Å². The van der Waals surface area contributed by atoms with Crippen LogP contribution in [0, 0.1) is 6.92 Å². The number of aromatic nitrogens is 6. The number of hydrogen-bond acceptors (Lipinski definition) is 13. The minimum absolute atomic E-state index is 0.252. The largest absolute Gasteiger partial charge is 0.374 e. The van der Waals surface area contributed by atoms with Gasteiger partial charge in [0.1, 0.15) is 16.9 Å². The molecule has 4 N–H and O–H groups in total. The van der Waals surface area contributed by atoms with Crippen LogP contribution in [0.1, 0.15) is 91.8 Å². The van der Waals surface area contributed by atoms with Crippen LogP contribution in [-0.4, -0.2) is 101 Å². The normalized spacial score (nSPS) is 20.4. The summed E-state index contributed by atoms with van der Waals surface area (Å²) >= 11 is 6.31. The number of carbonyl (C=O) groups excluding carboxylic acids is 3. The van der Waals surface area contributed by atoms with Gasteiger partial charge in [-0.3, -0.25) is 29.7 Å². The number of unbranched alkanes of at least 4 members (excludes halogenated alkanes) is 1. The molecule has 18 heteroatoms. The van der Waals surface area contributed by atoms with Crippen molar-refractivity contribution >= 4 is 52.2 Å². The highest BCUT2D eigenvalue weighted by Gasteiger charge is 2.40. The topological polar surface area (TPSA) is 199 Å². The molecule has 3 aliphatic heterocycles. The van der Waals surface area contributed by atoms with E-state index in [0.29, 0.717) is 58.8 Å². The molecule has 0 radical (unpaired) electrons. The second kappa shape index (κ2) is 16.6. The number of nitrogens with zero attached hydrogens (tertiary/aromatic N) is 9. The number of piperidine rings is 1. The minimum atomic E-state index is -0.860. The lowest BCUT2D eigenvalue weighted by Crippen LogP contribution is -2.51. The quantitative estimate of drug-likeness (QED) is 0.100. The van der Waals surface area contributed by atoms with Crippen molar-refractivity contribution < 1.29 is 24.0 Å². The maximum atomic E-state index is 13.2. The molecule has 1 aliphatic carbocycles. The van der Waals surface area contributed by atoms with Gasteiger partial charge in [-0.25, -0.2) is 14.3 Å². The fraction of sp³-hybridized carbons (Fsp3) is 0.463. The molecule has 4 aromatic heterocycles. The van der Waals surface area contributed by atoms with Crippen molar-refractivity contribution in [3.8, 4) is 11.5 Å². The third-order valence-electron chi connectivity index (χ3n) is 12.1. The van der Waals surface area contributed by atoms with Crippen molar-refractivity contribution in [1.82, 2.24) is 44.8 Å². The van der Waals surface area contributed by atoms with Crippen molar-refractivity contribution in [2.45, 2.75) is 89.4 Å². The summed E-state index contributed by atoms with van der Waals surface area (Å²) in [5.74, 6) is 0.631. The predicted molar refractivity (Wildman–Crippen MR) is 219 cm³/mol. The molecule has 1 aromatic carbocycles. The number of fused-ring (bicyclic) bond motifs is 2. The second-order valence-electron chi connectivity index (χ2n) is 15.9. The highest BCUT2D eigenvalue weighted by atomic mass is 35.5. The van der Waals surface area contributed by atoms with E-state index in [1.165, 1.54) is 0 Å². The minimum Gasteiger partial charge on any atom is -0.374 e. The molecule has 0 spiro atoms. The van der Waals surface area contributed by atoms with Gasteiger partial charge >= 0.3 is 6.03 Å². The zero-order valence-electron chi connectivity index (χ0n) is 32.9. The lowest BCUT2D eigenvalue weighted by Gasteiger charge is -2.36. The van der Waals surface area contributed by atoms with Crippen molar-refractivity contribution in [2.75, 3.05) is 48.3 Å². The number of piperazine rings is 1. The summed E-state index contributed by atoms with van der Waals surface area (Å²) in [6, 6.07) is 7.05. The van der Waals surface area contributed by atoms with Gasteiger partial charge in [0.15, 0.2) is 5.65 Å². The number of aliphatic hydroxyl groups excluding tert-OH is 1. The van der Waals surface area contributed by atoms with Crippen LogP contribution < -0.4 is 20.9 Å². The van der Waals surface area contributed by atoms with E-state index in [1.54, 1.807) is 28.0 Å². The van der Waals surface area contributed by atoms with Crippen molar-refractivity contribution in [3.05, 3.63) is 76.2 Å². The fourth-order valence-corrected chi connectivity index (χ4v) is 9.16. The van der Waals surface area contributed by atoms with Crippen LogP contribution in [0.4, 0.5) is 21.9 Å². The highest BCUT2D eigenvalue weighted by molar-refractivity contribution is 6.33. The Morgan fingerprint density at radius 1 is 1.02 bits per heavy atom. The maximum Gasteiger partial charge on any atom is 0.323 e. The fourth-order valence-electron chi connectivity index (χ4n) is 8.98. The number of nitrogens with one attached hydrogen (secondary N) is 3. The highest BCUT2D eigenvalue weighted by Crippen LogP contribution is 2.39. The first-order valence-electron chi connectivity index (χ1n) is 20.5. The average Bonchev–Trinajstić information content (AvgIpc) is 4.05. The summed E-state index contributed by atoms with van der Waals surface area (Å²) in [5, 5.41) is 28.3. The van der Waals surface area contributed by atoms with E-state index in [9.17, 15) is 19.5 Å². The van der Waals surface area contributed by atoms with Gasteiger partial charge in [0.2, 0.25) is 23.5 Å². The molecular weight excluding hydrogens is 776 g/mol. The number of halogens is 1. The summed E-state index contributed by atoms with van der Waals surface area (Å²) in [7, 11) is 0. The van der Waals surface area contributed by atoms with Crippen LogP contribution in [0.3, 0.4) is 0 Å². The van der Waals surface area contributed by atoms with Crippen LogP contribution in [0.2, 0.25) is 5.02 Å². The maximum absolute atomic E-state index is 13.2. The molecule has 7 heterocycles. The summed E-state index contributed by atoms with van der Waals surface area (Å²) in [4.78, 5) is 57.5. The Labute approximate surface area is 345 Å². The van der Waals surface area contributed by atoms with Crippen molar-refractivity contribution in [1.29, 1.82) is 0 Å². The number of pyridine rings is 1. The zero-order valence-corrected chi connectivity index (χ0v) is 33.6. The van der Waals surface area contributed by atoms with Gasteiger partial charge in [-0.1, -0.05) is 35.7 Å². The lowest BCUT2D eigenvalue weighted by atomic mass is 10.0. The summed E-state index contributed by atoms with van der Waals surface area (Å²) in [5.41, 5.74) is 6.94. The number of aryl methyl sites for hydroxylation is 2. The number of anilines is 3. The van der Waals surface area contributed by atoms with Crippen molar-refractivity contribution in [2.24, 2.45) is 0 Å². The Kier molecular flexibility index (Phi) is 11.0. The van der Waals surface area contributed by atoms with Gasteiger partial charge in [0.25, 0.3) is 0 Å². The first-order valence-corrected chi connectivity index (χ1v) is 20.8. The number of aliphatic hydroxyl groups is 1. The summed E-state index contributed by atoms with van der Waals surface area (Å²) in [6.07, 6.45) is 11.5. The predicted octanol–water partition coefficient (Wildman–Crippen LogP) is 5.19. The number of carbonyl (C=O) groups is 3. The smallest absolute Gasteiger partial charge is 0.323 e. The molecule has 1 saturated carbocycles. The van der Waals surface area contributed by atoms with Gasteiger partial charge in [-0.2, -0.15) is 10.1 Å². The molecule has 3 fully saturated rings. The van der Waals surface area contributed by atoms with E-state index in [1.807, 2.05) is 19.1 Å². The van der Waals surface area contributed by atoms with Gasteiger partial charge in [0, 0.05) is 62.7 Å². The Morgan fingerprint density at radius 3 is 2.64 bits per heavy atom. The molecule has 4 amide bonds. The number of hydrogen-bond donors (Lipinski definition) is 4. The molecule has 17 nitrogen and oxygen atoms in total. The first-order chi connectivity index (χ1) is 28.7. The molecule has 2 unspecified atom stereocenters. The van der Waals surface area contributed by atoms with Crippen LogP contribution in [0.15, 0.2) is 47.4 Å². The second-order valence-corrected chi connectivity index (χ2v) is 16.3. The van der Waals surface area contributed by atoms with Crippen LogP contribution in [0.25, 0.3) is 17.2 Å². The molecule has 2 atom stereocenters. The molecular formula is C41H47ClN12O5. The number of amides is 4. The van der Waals surface area contributed by atoms with Gasteiger partial charge in [-0.05, 0) is 74.9 Å². The molecule has 4 aliphatic rings. The van der Waals surface area contributed by atoms with Gasteiger partial charge < -0.3 is 25.2 Å². The van der Waals surface area contributed by atoms with Gasteiger partial charge in [0.05, 0.1) is 41.7 Å². The Hall–Kier alpha value is -5.49. The third kappa shape index (κ3) is 8.11. The monoisotopic (exact) mass is 822 g/mol. The standard InChI is InChI=1S/C41H47ClN12O5/c1-24-18-27(46-41(58)47-31-22-44-38-30(42)21-45-54(38)36(31)25-6-2-3-7-25)20-43-35(24)37-49-34(59-50-37)8-4-5-13-51-14-16-52(17-15-51)28-9-10-29-26(19-28)23-53(40(29)57)32-11-12-33(55)48-39(32)56/h9-10,18-22,25,32,40,57H,2-8,11-17,23H2,1H3,(H2,46,47,58)(H,48,55,56). The van der Waals surface area contributed by atoms with Gasteiger partial charge in [-0.15, -0.1) is 0 Å².